The molecule has 5 nitrogen and oxygen atoms in total. The molecule has 0 aromatic carbocycles. The summed E-state index contributed by atoms with van der Waals surface area (Å²) in [4.78, 5) is 24.4. The average Bonchev–Trinajstić information content (AvgIpc) is 2.47. The first-order chi connectivity index (χ1) is 7.04. The Bertz CT molecular complexity index is 253. The largest absolute Gasteiger partial charge is 0.450 e. The lowest BCUT2D eigenvalue weighted by Gasteiger charge is -2.20. The fourth-order valence-electron chi connectivity index (χ4n) is 1.67. The van der Waals surface area contributed by atoms with Gasteiger partial charge < -0.3 is 15.0 Å². The van der Waals surface area contributed by atoms with Crippen molar-refractivity contribution in [2.45, 2.75) is 39.3 Å². The molecular weight excluding hydrogens is 196 g/mol. The van der Waals surface area contributed by atoms with E-state index in [2.05, 4.69) is 5.32 Å². The van der Waals surface area contributed by atoms with Crippen LogP contribution in [0.5, 0.6) is 0 Å². The molecule has 0 aliphatic carbocycles. The van der Waals surface area contributed by atoms with Crippen molar-refractivity contribution < 1.29 is 14.3 Å². The van der Waals surface area contributed by atoms with Gasteiger partial charge in [0, 0.05) is 19.0 Å². The van der Waals surface area contributed by atoms with E-state index in [9.17, 15) is 9.59 Å². The van der Waals surface area contributed by atoms with Gasteiger partial charge in [0.1, 0.15) is 0 Å². The van der Waals surface area contributed by atoms with Crippen LogP contribution in [0.4, 0.5) is 4.79 Å². The average molecular weight is 214 g/mol. The number of nitrogens with one attached hydrogen (secondary N) is 1. The first-order valence-electron chi connectivity index (χ1n) is 5.27. The van der Waals surface area contributed by atoms with Crippen molar-refractivity contribution in [3.8, 4) is 0 Å². The molecule has 1 atom stereocenters. The molecule has 0 radical (unpaired) electrons. The van der Waals surface area contributed by atoms with Gasteiger partial charge in [-0.25, -0.2) is 4.79 Å². The smallest absolute Gasteiger partial charge is 0.407 e. The fourth-order valence-corrected chi connectivity index (χ4v) is 1.67. The molecule has 86 valence electrons. The number of hydrogen-bond donors (Lipinski definition) is 1. The molecular formula is C10H18N2O3. The molecule has 1 rings (SSSR count). The van der Waals surface area contributed by atoms with Gasteiger partial charge in [-0.2, -0.15) is 0 Å². The molecule has 1 unspecified atom stereocenters. The second kappa shape index (κ2) is 5.00. The lowest BCUT2D eigenvalue weighted by Crippen LogP contribution is -2.39. The molecule has 2 amide bonds. The second-order valence-corrected chi connectivity index (χ2v) is 3.91. The monoisotopic (exact) mass is 214 g/mol. The lowest BCUT2D eigenvalue weighted by atomic mass is 10.3. The Morgan fingerprint density at radius 2 is 2.33 bits per heavy atom. The van der Waals surface area contributed by atoms with Crippen LogP contribution in [0.2, 0.25) is 0 Å². The van der Waals surface area contributed by atoms with Crippen LogP contribution in [0.1, 0.15) is 27.2 Å². The normalized spacial score (nSPS) is 20.9. The summed E-state index contributed by atoms with van der Waals surface area (Å²) in [6.07, 6.45) is -0.0716. The third kappa shape index (κ3) is 3.11. The van der Waals surface area contributed by atoms with Crippen molar-refractivity contribution >= 4 is 12.0 Å². The maximum atomic E-state index is 11.5. The summed E-state index contributed by atoms with van der Waals surface area (Å²) in [6.45, 7) is 6.60. The number of carbonyl (C=O) groups excluding carboxylic acids is 2. The number of carbonyl (C=O) groups is 2. The Morgan fingerprint density at radius 3 is 2.80 bits per heavy atom. The number of nitrogens with zero attached hydrogens (tertiary/aromatic N) is 1. The molecule has 0 saturated carbocycles. The highest BCUT2D eigenvalue weighted by Crippen LogP contribution is 2.14. The first-order valence-corrected chi connectivity index (χ1v) is 5.27. The molecule has 1 N–H and O–H groups in total. The zero-order valence-electron chi connectivity index (χ0n) is 9.45. The van der Waals surface area contributed by atoms with Gasteiger partial charge in [-0.1, -0.05) is 0 Å². The van der Waals surface area contributed by atoms with Crippen molar-refractivity contribution in [3.63, 3.8) is 0 Å². The molecule has 1 heterocycles. The highest BCUT2D eigenvalue weighted by Gasteiger charge is 2.32. The van der Waals surface area contributed by atoms with Crippen LogP contribution in [-0.2, 0) is 9.53 Å². The van der Waals surface area contributed by atoms with E-state index in [0.717, 1.165) is 0 Å². The zero-order valence-corrected chi connectivity index (χ0v) is 9.45. The van der Waals surface area contributed by atoms with E-state index in [0.29, 0.717) is 19.6 Å². The predicted octanol–water partition coefficient (Wildman–Crippen LogP) is 0.742. The number of hydrogen-bond acceptors (Lipinski definition) is 3. The number of ether oxygens (including phenoxy) is 1. The summed E-state index contributed by atoms with van der Waals surface area (Å²) in [5.74, 6) is 0.0896. The van der Waals surface area contributed by atoms with Crippen LogP contribution in [0.15, 0.2) is 0 Å². The second-order valence-electron chi connectivity index (χ2n) is 3.91. The Balaban J connectivity index is 2.41. The predicted molar refractivity (Wildman–Crippen MR) is 55.4 cm³/mol. The Labute approximate surface area is 89.8 Å². The summed E-state index contributed by atoms with van der Waals surface area (Å²) in [7, 11) is 0. The molecule has 0 aromatic rings. The van der Waals surface area contributed by atoms with Crippen molar-refractivity contribution in [2.75, 3.05) is 13.2 Å². The van der Waals surface area contributed by atoms with E-state index in [1.165, 1.54) is 0 Å². The maximum Gasteiger partial charge on any atom is 0.407 e. The van der Waals surface area contributed by atoms with Gasteiger partial charge in [-0.05, 0) is 20.8 Å². The van der Waals surface area contributed by atoms with Crippen LogP contribution in [0, 0.1) is 0 Å². The third-order valence-corrected chi connectivity index (χ3v) is 2.38. The van der Waals surface area contributed by atoms with E-state index in [4.69, 9.17) is 4.74 Å². The fraction of sp³-hybridized carbons (Fsp3) is 0.800. The molecule has 0 bridgehead atoms. The number of rotatable bonds is 3. The van der Waals surface area contributed by atoms with E-state index in [-0.39, 0.29) is 18.0 Å². The number of alkyl carbamates (subject to hydrolysis) is 1. The van der Waals surface area contributed by atoms with Crippen LogP contribution in [0.25, 0.3) is 0 Å². The summed E-state index contributed by atoms with van der Waals surface area (Å²) in [5.41, 5.74) is 0. The maximum absolute atomic E-state index is 11.5. The summed E-state index contributed by atoms with van der Waals surface area (Å²) in [5, 5.41) is 2.67. The van der Waals surface area contributed by atoms with Crippen molar-refractivity contribution in [1.82, 2.24) is 10.2 Å². The van der Waals surface area contributed by atoms with Gasteiger partial charge in [0.05, 0.1) is 12.6 Å². The molecule has 5 heteroatoms. The quantitative estimate of drug-likeness (QED) is 0.754. The SMILES string of the molecule is CCOC(=O)NC1CC(=O)N(C(C)C)C1. The summed E-state index contributed by atoms with van der Waals surface area (Å²) >= 11 is 0. The molecule has 1 aliphatic rings. The lowest BCUT2D eigenvalue weighted by molar-refractivity contribution is -0.129. The van der Waals surface area contributed by atoms with Gasteiger partial charge in [0.15, 0.2) is 0 Å². The Kier molecular flexibility index (Phi) is 3.94. The van der Waals surface area contributed by atoms with Gasteiger partial charge in [-0.15, -0.1) is 0 Å². The minimum absolute atomic E-state index is 0.0896. The van der Waals surface area contributed by atoms with Crippen molar-refractivity contribution in [3.05, 3.63) is 0 Å². The van der Waals surface area contributed by atoms with Crippen LogP contribution in [-0.4, -0.2) is 42.1 Å². The third-order valence-electron chi connectivity index (χ3n) is 2.38. The van der Waals surface area contributed by atoms with Crippen LogP contribution < -0.4 is 5.32 Å². The number of amides is 2. The molecule has 1 fully saturated rings. The highest BCUT2D eigenvalue weighted by molar-refractivity contribution is 5.80. The molecule has 1 aliphatic heterocycles. The van der Waals surface area contributed by atoms with Crippen LogP contribution in [0.3, 0.4) is 0 Å². The molecule has 15 heavy (non-hydrogen) atoms. The van der Waals surface area contributed by atoms with E-state index < -0.39 is 6.09 Å². The van der Waals surface area contributed by atoms with Gasteiger partial charge >= 0.3 is 6.09 Å². The van der Waals surface area contributed by atoms with Crippen LogP contribution >= 0.6 is 0 Å². The highest BCUT2D eigenvalue weighted by atomic mass is 16.5. The topological polar surface area (TPSA) is 58.6 Å². The molecule has 1 saturated heterocycles. The minimum atomic E-state index is -0.444. The van der Waals surface area contributed by atoms with Crippen molar-refractivity contribution in [1.29, 1.82) is 0 Å². The van der Waals surface area contributed by atoms with E-state index >= 15 is 0 Å². The van der Waals surface area contributed by atoms with E-state index in [1.807, 2.05) is 13.8 Å². The van der Waals surface area contributed by atoms with E-state index in [1.54, 1.807) is 11.8 Å². The Morgan fingerprint density at radius 1 is 1.67 bits per heavy atom. The molecule has 0 spiro atoms. The number of likely N-dealkylation sites (tertiary alicyclic amines) is 1. The Hall–Kier alpha value is -1.26. The van der Waals surface area contributed by atoms with Crippen molar-refractivity contribution in [2.24, 2.45) is 0 Å². The van der Waals surface area contributed by atoms with Gasteiger partial charge in [-0.3, -0.25) is 4.79 Å². The summed E-state index contributed by atoms with van der Waals surface area (Å²) < 4.78 is 4.75. The van der Waals surface area contributed by atoms with Gasteiger partial charge in [0.25, 0.3) is 0 Å². The first kappa shape index (κ1) is 11.8. The molecule has 0 aromatic heterocycles. The minimum Gasteiger partial charge on any atom is -0.450 e. The standard InChI is InChI=1S/C10H18N2O3/c1-4-15-10(14)11-8-5-9(13)12(6-8)7(2)3/h7-8H,4-6H2,1-3H3,(H,11,14). The van der Waals surface area contributed by atoms with Gasteiger partial charge in [0.2, 0.25) is 5.91 Å². The summed E-state index contributed by atoms with van der Waals surface area (Å²) in [6, 6.07) is 0.0745. The zero-order chi connectivity index (χ0) is 11.4.